The van der Waals surface area contributed by atoms with E-state index in [1.165, 1.54) is 11.1 Å². The smallest absolute Gasteiger partial charge is 0.227 e. The third-order valence-electron chi connectivity index (χ3n) is 9.94. The fourth-order valence-electron chi connectivity index (χ4n) is 6.99. The first-order chi connectivity index (χ1) is 26.7. The Labute approximate surface area is 311 Å². The second-order valence-electron chi connectivity index (χ2n) is 13.4. The first-order valence-electron chi connectivity index (χ1n) is 18.1. The SMILES string of the molecule is C1=CC(c2nc3ccccc3o2)CC=C1c1cc(-c2ccc(-c3nc4ccccc4o3)cc2)nc(-c2ccc(-c3ccc(-c4ccccc4)cc3)cc2)n1. The summed E-state index contributed by atoms with van der Waals surface area (Å²) in [7, 11) is 0. The van der Waals surface area contributed by atoms with Gasteiger partial charge in [-0.05, 0) is 76.7 Å². The van der Waals surface area contributed by atoms with Crippen LogP contribution in [0.3, 0.4) is 0 Å². The van der Waals surface area contributed by atoms with Gasteiger partial charge in [0.2, 0.25) is 11.8 Å². The van der Waals surface area contributed by atoms with Gasteiger partial charge in [-0.25, -0.2) is 19.9 Å². The molecule has 54 heavy (non-hydrogen) atoms. The van der Waals surface area contributed by atoms with E-state index in [4.69, 9.17) is 23.8 Å². The first kappa shape index (κ1) is 31.5. The first-order valence-corrected chi connectivity index (χ1v) is 18.1. The molecule has 0 aliphatic heterocycles. The number of oxazole rings is 2. The highest BCUT2D eigenvalue weighted by atomic mass is 16.4. The van der Waals surface area contributed by atoms with Gasteiger partial charge >= 0.3 is 0 Å². The van der Waals surface area contributed by atoms with Crippen molar-refractivity contribution in [3.05, 3.63) is 188 Å². The Bertz CT molecular complexity index is 2770. The molecule has 0 spiro atoms. The topological polar surface area (TPSA) is 77.8 Å². The van der Waals surface area contributed by atoms with Crippen LogP contribution in [0.4, 0.5) is 0 Å². The lowest BCUT2D eigenvalue weighted by atomic mass is 9.94. The summed E-state index contributed by atoms with van der Waals surface area (Å²) in [6.45, 7) is 0. The molecule has 0 bridgehead atoms. The summed E-state index contributed by atoms with van der Waals surface area (Å²) in [6.07, 6.45) is 7.25. The van der Waals surface area contributed by atoms with Gasteiger partial charge in [0.1, 0.15) is 11.0 Å². The molecule has 1 aliphatic rings. The van der Waals surface area contributed by atoms with E-state index in [9.17, 15) is 0 Å². The van der Waals surface area contributed by atoms with Crippen molar-refractivity contribution in [2.45, 2.75) is 12.3 Å². The van der Waals surface area contributed by atoms with E-state index in [1.807, 2.05) is 66.7 Å². The summed E-state index contributed by atoms with van der Waals surface area (Å²) >= 11 is 0. The fraction of sp³-hybridized carbons (Fsp3) is 0.0417. The van der Waals surface area contributed by atoms with Crippen molar-refractivity contribution in [1.29, 1.82) is 0 Å². The summed E-state index contributed by atoms with van der Waals surface area (Å²) in [5, 5.41) is 0. The van der Waals surface area contributed by atoms with E-state index in [0.29, 0.717) is 11.7 Å². The minimum Gasteiger partial charge on any atom is -0.440 e. The number of hydrogen-bond acceptors (Lipinski definition) is 6. The van der Waals surface area contributed by atoms with Crippen molar-refractivity contribution < 1.29 is 8.83 Å². The van der Waals surface area contributed by atoms with Crippen LogP contribution in [-0.2, 0) is 0 Å². The molecule has 6 aromatic carbocycles. The van der Waals surface area contributed by atoms with Crippen molar-refractivity contribution in [1.82, 2.24) is 19.9 Å². The Morgan fingerprint density at radius 3 is 1.61 bits per heavy atom. The van der Waals surface area contributed by atoms with Gasteiger partial charge in [0, 0.05) is 16.7 Å². The van der Waals surface area contributed by atoms with Crippen LogP contribution in [-0.4, -0.2) is 19.9 Å². The number of aromatic nitrogens is 4. The maximum absolute atomic E-state index is 6.10. The molecule has 0 saturated heterocycles. The van der Waals surface area contributed by atoms with Crippen LogP contribution in [0, 0.1) is 0 Å². The molecule has 9 aromatic rings. The predicted octanol–water partition coefficient (Wildman–Crippen LogP) is 12.2. The molecule has 0 radical (unpaired) electrons. The zero-order valence-corrected chi connectivity index (χ0v) is 29.1. The minimum absolute atomic E-state index is 0.0515. The average Bonchev–Trinajstić information content (AvgIpc) is 3.90. The van der Waals surface area contributed by atoms with Crippen molar-refractivity contribution in [2.24, 2.45) is 0 Å². The van der Waals surface area contributed by atoms with Crippen molar-refractivity contribution in [2.75, 3.05) is 0 Å². The number of allylic oxidation sites excluding steroid dienone is 4. The molecule has 0 fully saturated rings. The number of nitrogens with zero attached hydrogens (tertiary/aromatic N) is 4. The molecule has 1 aliphatic carbocycles. The number of rotatable bonds is 7. The lowest BCUT2D eigenvalue weighted by Crippen LogP contribution is -2.02. The zero-order valence-electron chi connectivity index (χ0n) is 29.1. The molecule has 1 atom stereocenters. The fourth-order valence-corrected chi connectivity index (χ4v) is 6.99. The second-order valence-corrected chi connectivity index (χ2v) is 13.4. The number of hydrogen-bond donors (Lipinski definition) is 0. The third-order valence-corrected chi connectivity index (χ3v) is 9.94. The summed E-state index contributed by atoms with van der Waals surface area (Å²) in [5.41, 5.74) is 13.5. The molecular weight excluding hydrogens is 665 g/mol. The monoisotopic (exact) mass is 696 g/mol. The van der Waals surface area contributed by atoms with E-state index in [1.54, 1.807) is 0 Å². The van der Waals surface area contributed by atoms with Gasteiger partial charge < -0.3 is 8.83 Å². The Hall–Kier alpha value is -7.18. The molecule has 0 N–H and O–H groups in total. The Balaban J connectivity index is 0.976. The van der Waals surface area contributed by atoms with Crippen LogP contribution >= 0.6 is 0 Å². The van der Waals surface area contributed by atoms with Crippen LogP contribution in [0.15, 0.2) is 185 Å². The summed E-state index contributed by atoms with van der Waals surface area (Å²) in [5.74, 6) is 2.02. The quantitative estimate of drug-likeness (QED) is 0.165. The van der Waals surface area contributed by atoms with Gasteiger partial charge in [0.05, 0.1) is 17.3 Å². The highest BCUT2D eigenvalue weighted by molar-refractivity contribution is 5.80. The van der Waals surface area contributed by atoms with Crippen LogP contribution < -0.4 is 0 Å². The molecule has 256 valence electrons. The van der Waals surface area contributed by atoms with Crippen LogP contribution in [0.5, 0.6) is 0 Å². The van der Waals surface area contributed by atoms with E-state index in [0.717, 1.165) is 79.3 Å². The van der Waals surface area contributed by atoms with Gasteiger partial charge in [0.15, 0.2) is 17.0 Å². The Kier molecular flexibility index (Phi) is 7.84. The van der Waals surface area contributed by atoms with Gasteiger partial charge in [-0.15, -0.1) is 0 Å². The summed E-state index contributed by atoms with van der Waals surface area (Å²) in [6, 6.07) is 53.6. The van der Waals surface area contributed by atoms with E-state index >= 15 is 0 Å². The normalized spacial score (nSPS) is 14.1. The van der Waals surface area contributed by atoms with Gasteiger partial charge in [-0.1, -0.05) is 133 Å². The number of fused-ring (bicyclic) bond motifs is 2. The molecule has 1 unspecified atom stereocenters. The lowest BCUT2D eigenvalue weighted by Gasteiger charge is -2.15. The highest BCUT2D eigenvalue weighted by Crippen LogP contribution is 2.35. The standard InChI is InChI=1S/C48H32N4O2/c1-2-8-31(9-3-1)32-14-16-33(17-15-32)34-18-24-37(25-19-34)46-49-42(35-20-26-38(27-21-35)47-51-40-10-4-6-12-44(40)53-47)30-43(50-46)36-22-28-39(29-23-36)48-52-41-11-5-7-13-45(41)54-48/h1-28,30,39H,29H2. The highest BCUT2D eigenvalue weighted by Gasteiger charge is 2.20. The average molecular weight is 697 g/mol. The van der Waals surface area contributed by atoms with Crippen molar-refractivity contribution in [3.63, 3.8) is 0 Å². The molecule has 3 heterocycles. The third kappa shape index (κ3) is 6.10. The molecule has 0 amide bonds. The van der Waals surface area contributed by atoms with Crippen LogP contribution in [0.1, 0.15) is 23.9 Å². The summed E-state index contributed by atoms with van der Waals surface area (Å²) in [4.78, 5) is 19.7. The molecule has 10 rings (SSSR count). The van der Waals surface area contributed by atoms with Gasteiger partial charge in [0.25, 0.3) is 0 Å². The maximum Gasteiger partial charge on any atom is 0.227 e. The molecule has 0 saturated carbocycles. The minimum atomic E-state index is 0.0515. The second kappa shape index (κ2) is 13.4. The van der Waals surface area contributed by atoms with E-state index < -0.39 is 0 Å². The van der Waals surface area contributed by atoms with Crippen molar-refractivity contribution >= 4 is 27.8 Å². The number of benzene rings is 6. The molecule has 6 nitrogen and oxygen atoms in total. The number of para-hydroxylation sites is 4. The van der Waals surface area contributed by atoms with Crippen LogP contribution in [0.2, 0.25) is 0 Å². The van der Waals surface area contributed by atoms with Gasteiger partial charge in [-0.2, -0.15) is 0 Å². The van der Waals surface area contributed by atoms with E-state index in [2.05, 4.69) is 114 Å². The zero-order chi connectivity index (χ0) is 35.8. The largest absolute Gasteiger partial charge is 0.440 e. The molecule has 3 aromatic heterocycles. The van der Waals surface area contributed by atoms with Crippen molar-refractivity contribution in [3.8, 4) is 56.4 Å². The summed E-state index contributed by atoms with van der Waals surface area (Å²) < 4.78 is 12.1. The van der Waals surface area contributed by atoms with Crippen LogP contribution in [0.25, 0.3) is 84.1 Å². The Morgan fingerprint density at radius 1 is 0.444 bits per heavy atom. The molecular formula is C48H32N4O2. The van der Waals surface area contributed by atoms with E-state index in [-0.39, 0.29) is 5.92 Å². The lowest BCUT2D eigenvalue weighted by molar-refractivity contribution is 0.505. The Morgan fingerprint density at radius 2 is 0.981 bits per heavy atom. The van der Waals surface area contributed by atoms with Gasteiger partial charge in [-0.3, -0.25) is 0 Å². The predicted molar refractivity (Wildman–Crippen MR) is 215 cm³/mol. The maximum atomic E-state index is 6.10. The molecule has 6 heteroatoms.